The van der Waals surface area contributed by atoms with Crippen molar-refractivity contribution in [3.05, 3.63) is 0 Å². The van der Waals surface area contributed by atoms with Gasteiger partial charge < -0.3 is 14.7 Å². The Balaban J connectivity index is 2.33. The summed E-state index contributed by atoms with van der Waals surface area (Å²) in [5.41, 5.74) is -0.829. The van der Waals surface area contributed by atoms with Crippen molar-refractivity contribution in [3.63, 3.8) is 0 Å². The summed E-state index contributed by atoms with van der Waals surface area (Å²) in [6, 6.07) is 0. The minimum absolute atomic E-state index is 0.114. The van der Waals surface area contributed by atoms with Crippen molar-refractivity contribution in [3.8, 4) is 0 Å². The average molecular weight is 257 g/mol. The summed E-state index contributed by atoms with van der Waals surface area (Å²) >= 11 is 0. The van der Waals surface area contributed by atoms with Crippen LogP contribution >= 0.6 is 0 Å². The Morgan fingerprint density at radius 2 is 2.11 bits per heavy atom. The van der Waals surface area contributed by atoms with Gasteiger partial charge in [0.25, 0.3) is 0 Å². The van der Waals surface area contributed by atoms with Gasteiger partial charge in [0.1, 0.15) is 0 Å². The predicted octanol–water partition coefficient (Wildman–Crippen LogP) is 1.95. The number of amides is 1. The third-order valence-corrected chi connectivity index (χ3v) is 3.31. The van der Waals surface area contributed by atoms with Gasteiger partial charge in [0.05, 0.1) is 17.8 Å². The molecule has 106 valence electrons. The van der Waals surface area contributed by atoms with Crippen molar-refractivity contribution in [2.75, 3.05) is 13.1 Å². The molecule has 1 fully saturated rings. The van der Waals surface area contributed by atoms with E-state index in [9.17, 15) is 9.90 Å². The second kappa shape index (κ2) is 6.53. The predicted molar refractivity (Wildman–Crippen MR) is 71.4 cm³/mol. The van der Waals surface area contributed by atoms with Gasteiger partial charge in [-0.15, -0.1) is 0 Å². The van der Waals surface area contributed by atoms with E-state index in [-0.39, 0.29) is 12.0 Å². The molecule has 1 aliphatic rings. The van der Waals surface area contributed by atoms with E-state index in [1.807, 2.05) is 6.92 Å². The maximum absolute atomic E-state index is 12.0. The van der Waals surface area contributed by atoms with E-state index in [0.29, 0.717) is 25.6 Å². The number of nitrogens with zero attached hydrogens (tertiary/aromatic N) is 1. The Kier molecular flexibility index (Phi) is 5.60. The summed E-state index contributed by atoms with van der Waals surface area (Å²) in [6.07, 6.45) is 4.05. The van der Waals surface area contributed by atoms with E-state index in [0.717, 1.165) is 19.3 Å². The number of likely N-dealkylation sites (N-methyl/N-ethyl adjacent to an activating group) is 1. The highest BCUT2D eigenvalue weighted by molar-refractivity contribution is 5.76. The molecular weight excluding hydrogens is 230 g/mol. The minimum atomic E-state index is -0.829. The molecule has 0 spiro atoms. The molecule has 4 heteroatoms. The fourth-order valence-electron chi connectivity index (χ4n) is 2.38. The molecule has 0 aromatic rings. The molecule has 1 saturated heterocycles. The van der Waals surface area contributed by atoms with Gasteiger partial charge in [0.2, 0.25) is 5.91 Å². The van der Waals surface area contributed by atoms with Crippen LogP contribution in [-0.2, 0) is 9.53 Å². The molecule has 0 aliphatic carbocycles. The van der Waals surface area contributed by atoms with Crippen LogP contribution in [0.5, 0.6) is 0 Å². The lowest BCUT2D eigenvalue weighted by Gasteiger charge is -2.28. The summed E-state index contributed by atoms with van der Waals surface area (Å²) in [4.78, 5) is 13.8. The lowest BCUT2D eigenvalue weighted by molar-refractivity contribution is -0.134. The van der Waals surface area contributed by atoms with Crippen LogP contribution < -0.4 is 0 Å². The molecule has 1 amide bonds. The van der Waals surface area contributed by atoms with E-state index in [1.165, 1.54) is 0 Å². The molecule has 4 nitrogen and oxygen atoms in total. The first-order chi connectivity index (χ1) is 8.31. The molecule has 0 aromatic heterocycles. The van der Waals surface area contributed by atoms with Gasteiger partial charge in [0, 0.05) is 19.5 Å². The third-order valence-electron chi connectivity index (χ3n) is 3.31. The van der Waals surface area contributed by atoms with Gasteiger partial charge in [-0.2, -0.15) is 0 Å². The summed E-state index contributed by atoms with van der Waals surface area (Å²) in [7, 11) is 0. The highest BCUT2D eigenvalue weighted by Gasteiger charge is 2.25. The molecule has 18 heavy (non-hydrogen) atoms. The number of rotatable bonds is 6. The zero-order valence-corrected chi connectivity index (χ0v) is 12.1. The Bertz CT molecular complexity index is 273. The zero-order valence-electron chi connectivity index (χ0n) is 12.1. The fourth-order valence-corrected chi connectivity index (χ4v) is 2.38. The summed E-state index contributed by atoms with van der Waals surface area (Å²) in [6.45, 7) is 8.51. The van der Waals surface area contributed by atoms with Crippen LogP contribution in [0.15, 0.2) is 0 Å². The van der Waals surface area contributed by atoms with Crippen LogP contribution in [0.4, 0.5) is 0 Å². The number of hydrogen-bond acceptors (Lipinski definition) is 3. The maximum atomic E-state index is 12.0. The van der Waals surface area contributed by atoms with E-state index in [2.05, 4.69) is 6.92 Å². The summed E-state index contributed by atoms with van der Waals surface area (Å²) in [5.74, 6) is 0.114. The average Bonchev–Trinajstić information content (AvgIpc) is 2.67. The van der Waals surface area contributed by atoms with Crippen LogP contribution in [0.25, 0.3) is 0 Å². The maximum Gasteiger partial charge on any atom is 0.222 e. The Labute approximate surface area is 110 Å². The van der Waals surface area contributed by atoms with Crippen molar-refractivity contribution in [2.24, 2.45) is 0 Å². The zero-order chi connectivity index (χ0) is 13.8. The van der Waals surface area contributed by atoms with Gasteiger partial charge in [-0.05, 0) is 47.0 Å². The molecule has 2 atom stereocenters. The fraction of sp³-hybridized carbons (Fsp3) is 0.929. The first-order valence-corrected chi connectivity index (χ1v) is 6.97. The van der Waals surface area contributed by atoms with Crippen molar-refractivity contribution in [1.29, 1.82) is 0 Å². The molecule has 1 aliphatic heterocycles. The molecule has 1 N–H and O–H groups in total. The molecule has 0 bridgehead atoms. The Morgan fingerprint density at radius 1 is 1.44 bits per heavy atom. The van der Waals surface area contributed by atoms with Gasteiger partial charge in [0.15, 0.2) is 0 Å². The number of carbonyl (C=O) groups is 1. The van der Waals surface area contributed by atoms with Crippen molar-refractivity contribution >= 4 is 5.91 Å². The van der Waals surface area contributed by atoms with Gasteiger partial charge in [-0.3, -0.25) is 4.79 Å². The number of aliphatic hydroxyl groups is 1. The highest BCUT2D eigenvalue weighted by Crippen LogP contribution is 2.23. The van der Waals surface area contributed by atoms with Gasteiger partial charge in [-0.25, -0.2) is 0 Å². The quantitative estimate of drug-likeness (QED) is 0.791. The SMILES string of the molecule is CCN(CC(C)(C)O)C(=O)CCC1CCC(C)O1. The van der Waals surface area contributed by atoms with Crippen LogP contribution in [0.2, 0.25) is 0 Å². The Hall–Kier alpha value is -0.610. The van der Waals surface area contributed by atoms with Crippen molar-refractivity contribution < 1.29 is 14.6 Å². The van der Waals surface area contributed by atoms with Crippen LogP contribution in [0.1, 0.15) is 53.4 Å². The second-order valence-electron chi connectivity index (χ2n) is 5.91. The monoisotopic (exact) mass is 257 g/mol. The van der Waals surface area contributed by atoms with Crippen LogP contribution in [0, 0.1) is 0 Å². The molecule has 0 aromatic carbocycles. The standard InChI is InChI=1S/C14H27NO3/c1-5-15(10-14(3,4)17)13(16)9-8-12-7-6-11(2)18-12/h11-12,17H,5-10H2,1-4H3. The summed E-state index contributed by atoms with van der Waals surface area (Å²) in [5, 5.41) is 9.76. The smallest absolute Gasteiger partial charge is 0.222 e. The van der Waals surface area contributed by atoms with Crippen LogP contribution in [-0.4, -0.2) is 46.8 Å². The molecule has 0 saturated carbocycles. The van der Waals surface area contributed by atoms with Gasteiger partial charge >= 0.3 is 0 Å². The molecule has 1 rings (SSSR count). The van der Waals surface area contributed by atoms with E-state index >= 15 is 0 Å². The van der Waals surface area contributed by atoms with Crippen molar-refractivity contribution in [1.82, 2.24) is 4.90 Å². The lowest BCUT2D eigenvalue weighted by atomic mass is 10.1. The molecule has 2 unspecified atom stereocenters. The number of ether oxygens (including phenoxy) is 1. The molecule has 1 heterocycles. The summed E-state index contributed by atoms with van der Waals surface area (Å²) < 4.78 is 5.71. The molecular formula is C14H27NO3. The van der Waals surface area contributed by atoms with Crippen molar-refractivity contribution in [2.45, 2.75) is 71.2 Å². The first-order valence-electron chi connectivity index (χ1n) is 6.97. The number of hydrogen-bond donors (Lipinski definition) is 1. The van der Waals surface area contributed by atoms with E-state index in [1.54, 1.807) is 18.7 Å². The third kappa shape index (κ3) is 5.36. The lowest BCUT2D eigenvalue weighted by Crippen LogP contribution is -2.42. The van der Waals surface area contributed by atoms with Gasteiger partial charge in [-0.1, -0.05) is 0 Å². The minimum Gasteiger partial charge on any atom is -0.389 e. The normalized spacial score (nSPS) is 24.3. The van der Waals surface area contributed by atoms with Crippen LogP contribution in [0.3, 0.4) is 0 Å². The van der Waals surface area contributed by atoms with E-state index in [4.69, 9.17) is 4.74 Å². The first kappa shape index (κ1) is 15.4. The topological polar surface area (TPSA) is 49.8 Å². The largest absolute Gasteiger partial charge is 0.389 e. The molecule has 0 radical (unpaired) electrons. The Morgan fingerprint density at radius 3 is 2.56 bits per heavy atom. The van der Waals surface area contributed by atoms with E-state index < -0.39 is 5.60 Å². The second-order valence-corrected chi connectivity index (χ2v) is 5.91. The highest BCUT2D eigenvalue weighted by atomic mass is 16.5. The number of carbonyl (C=O) groups excluding carboxylic acids is 1.